The fourth-order valence-electron chi connectivity index (χ4n) is 2.66. The third-order valence-corrected chi connectivity index (χ3v) is 4.29. The number of para-hydroxylation sites is 3. The number of imidazole rings is 1. The van der Waals surface area contributed by atoms with Crippen LogP contribution in [0.2, 0.25) is 5.02 Å². The normalized spacial score (nSPS) is 11.0. The molecule has 0 aliphatic carbocycles. The smallest absolute Gasteiger partial charge is 0.295 e. The minimum absolute atomic E-state index is 0.0610. The molecule has 4 aromatic rings. The first-order valence-electron chi connectivity index (χ1n) is 7.67. The summed E-state index contributed by atoms with van der Waals surface area (Å²) >= 11 is 6.28. The van der Waals surface area contributed by atoms with E-state index in [-0.39, 0.29) is 5.02 Å². The molecule has 0 radical (unpaired) electrons. The van der Waals surface area contributed by atoms with Gasteiger partial charge in [-0.15, -0.1) is 0 Å². The van der Waals surface area contributed by atoms with E-state index in [0.29, 0.717) is 11.6 Å². The monoisotopic (exact) mass is 351 g/mol. The maximum atomic E-state index is 12.7. The van der Waals surface area contributed by atoms with Crippen LogP contribution in [-0.2, 0) is 7.05 Å². The van der Waals surface area contributed by atoms with Gasteiger partial charge >= 0.3 is 0 Å². The Morgan fingerprint density at radius 3 is 2.52 bits per heavy atom. The van der Waals surface area contributed by atoms with Crippen molar-refractivity contribution >= 4 is 34.0 Å². The minimum Gasteiger partial charge on any atom is -0.353 e. The molecule has 0 bridgehead atoms. The Morgan fingerprint density at radius 2 is 1.76 bits per heavy atom. The summed E-state index contributed by atoms with van der Waals surface area (Å²) in [5.41, 5.74) is 2.55. The molecule has 0 unspecified atom stereocenters. The van der Waals surface area contributed by atoms with Gasteiger partial charge in [0.25, 0.3) is 5.56 Å². The van der Waals surface area contributed by atoms with E-state index in [9.17, 15) is 4.79 Å². The van der Waals surface area contributed by atoms with Gasteiger partial charge in [0.15, 0.2) is 0 Å². The lowest BCUT2D eigenvalue weighted by atomic mass is 10.3. The third kappa shape index (κ3) is 2.66. The molecule has 0 atom stereocenters. The second-order valence-corrected chi connectivity index (χ2v) is 5.92. The first-order valence-corrected chi connectivity index (χ1v) is 8.04. The molecule has 2 aromatic heterocycles. The Balaban J connectivity index is 1.80. The third-order valence-electron chi connectivity index (χ3n) is 3.92. The molecular formula is C18H14ClN5O. The highest BCUT2D eigenvalue weighted by molar-refractivity contribution is 6.33. The van der Waals surface area contributed by atoms with Crippen LogP contribution in [0.3, 0.4) is 0 Å². The number of hydrogen-bond acceptors (Lipinski definition) is 4. The van der Waals surface area contributed by atoms with E-state index in [0.717, 1.165) is 16.7 Å². The fraction of sp³-hybridized carbons (Fsp3) is 0.0556. The molecule has 1 N–H and O–H groups in total. The topological polar surface area (TPSA) is 64.7 Å². The molecule has 0 amide bonds. The van der Waals surface area contributed by atoms with Crippen molar-refractivity contribution in [2.45, 2.75) is 0 Å². The number of nitrogens with one attached hydrogen (secondary N) is 1. The first-order chi connectivity index (χ1) is 12.1. The summed E-state index contributed by atoms with van der Waals surface area (Å²) in [7, 11) is 1.84. The summed E-state index contributed by atoms with van der Waals surface area (Å²) in [6.07, 6.45) is 1.52. The van der Waals surface area contributed by atoms with E-state index in [1.807, 2.05) is 66.2 Å². The second kappa shape index (κ2) is 6.07. The minimum atomic E-state index is -0.430. The summed E-state index contributed by atoms with van der Waals surface area (Å²) in [5.74, 6) is 0.416. The zero-order chi connectivity index (χ0) is 17.4. The number of rotatable bonds is 3. The number of aryl methyl sites for hydroxylation is 1. The molecule has 0 spiro atoms. The zero-order valence-corrected chi connectivity index (χ0v) is 14.1. The van der Waals surface area contributed by atoms with Gasteiger partial charge in [-0.3, -0.25) is 4.79 Å². The number of nitrogens with zero attached hydrogens (tertiary/aromatic N) is 4. The number of fused-ring (bicyclic) bond motifs is 1. The lowest BCUT2D eigenvalue weighted by molar-refractivity contribution is 0.719. The molecule has 6 nitrogen and oxygen atoms in total. The van der Waals surface area contributed by atoms with Crippen LogP contribution >= 0.6 is 11.6 Å². The van der Waals surface area contributed by atoms with Crippen molar-refractivity contribution in [3.63, 3.8) is 0 Å². The summed E-state index contributed by atoms with van der Waals surface area (Å²) < 4.78 is 3.02. The van der Waals surface area contributed by atoms with E-state index in [2.05, 4.69) is 15.4 Å². The highest BCUT2D eigenvalue weighted by Gasteiger charge is 2.15. The average Bonchev–Trinajstić information content (AvgIpc) is 2.97. The van der Waals surface area contributed by atoms with Crippen molar-refractivity contribution in [2.24, 2.45) is 7.05 Å². The molecule has 7 heteroatoms. The molecule has 25 heavy (non-hydrogen) atoms. The number of halogens is 1. The summed E-state index contributed by atoms with van der Waals surface area (Å²) in [6.45, 7) is 0. The number of benzene rings is 2. The van der Waals surface area contributed by atoms with Crippen molar-refractivity contribution in [3.05, 3.63) is 76.2 Å². The van der Waals surface area contributed by atoms with Crippen molar-refractivity contribution in [3.8, 4) is 5.95 Å². The van der Waals surface area contributed by atoms with E-state index in [4.69, 9.17) is 11.6 Å². The number of aromatic nitrogens is 4. The van der Waals surface area contributed by atoms with Crippen LogP contribution in [0.25, 0.3) is 17.0 Å². The van der Waals surface area contributed by atoms with Gasteiger partial charge < -0.3 is 9.88 Å². The van der Waals surface area contributed by atoms with E-state index in [1.165, 1.54) is 10.9 Å². The molecule has 0 fully saturated rings. The largest absolute Gasteiger partial charge is 0.353 e. The predicted molar refractivity (Wildman–Crippen MR) is 98.8 cm³/mol. The Kier molecular flexibility index (Phi) is 3.74. The fourth-order valence-corrected chi connectivity index (χ4v) is 2.84. The maximum absolute atomic E-state index is 12.7. The molecule has 0 aliphatic heterocycles. The van der Waals surface area contributed by atoms with E-state index >= 15 is 0 Å². The molecule has 124 valence electrons. The van der Waals surface area contributed by atoms with Crippen LogP contribution in [0.15, 0.2) is 65.6 Å². The van der Waals surface area contributed by atoms with Crippen LogP contribution in [0, 0.1) is 0 Å². The van der Waals surface area contributed by atoms with Gasteiger partial charge in [0, 0.05) is 12.7 Å². The molecule has 2 heterocycles. The first kappa shape index (κ1) is 15.4. The van der Waals surface area contributed by atoms with Crippen LogP contribution in [-0.4, -0.2) is 19.3 Å². The SMILES string of the molecule is Cn1c(-n2ncc(Nc3ccccc3)c(Cl)c2=O)nc2ccccc21. The highest BCUT2D eigenvalue weighted by Crippen LogP contribution is 2.22. The van der Waals surface area contributed by atoms with Crippen molar-refractivity contribution in [1.82, 2.24) is 19.3 Å². The molecule has 0 aliphatic rings. The summed E-state index contributed by atoms with van der Waals surface area (Å²) in [4.78, 5) is 17.2. The van der Waals surface area contributed by atoms with Gasteiger partial charge in [0.05, 0.1) is 22.9 Å². The van der Waals surface area contributed by atoms with Crippen molar-refractivity contribution in [1.29, 1.82) is 0 Å². The van der Waals surface area contributed by atoms with Gasteiger partial charge in [0.2, 0.25) is 5.95 Å². The molecule has 4 rings (SSSR count). The van der Waals surface area contributed by atoms with Gasteiger partial charge in [-0.1, -0.05) is 41.9 Å². The Labute approximate surface area is 148 Å². The van der Waals surface area contributed by atoms with Gasteiger partial charge in [-0.2, -0.15) is 9.78 Å². The predicted octanol–water partition coefficient (Wildman–Crippen LogP) is 3.52. The average molecular weight is 352 g/mol. The van der Waals surface area contributed by atoms with E-state index < -0.39 is 5.56 Å². The Morgan fingerprint density at radius 1 is 1.04 bits per heavy atom. The number of anilines is 2. The van der Waals surface area contributed by atoms with E-state index in [1.54, 1.807) is 0 Å². The van der Waals surface area contributed by atoms with Crippen LogP contribution in [0.1, 0.15) is 0 Å². The van der Waals surface area contributed by atoms with Crippen LogP contribution < -0.4 is 10.9 Å². The van der Waals surface area contributed by atoms with Crippen LogP contribution in [0.4, 0.5) is 11.4 Å². The Hall–Kier alpha value is -3.12. The standard InChI is InChI=1S/C18H14ClN5O/c1-23-15-10-6-5-9-13(15)22-18(23)24-17(25)16(19)14(11-20-24)21-12-7-3-2-4-8-12/h2-11,21H,1H3. The lowest BCUT2D eigenvalue weighted by Crippen LogP contribution is -2.24. The zero-order valence-electron chi connectivity index (χ0n) is 13.3. The molecule has 0 saturated carbocycles. The molecular weight excluding hydrogens is 338 g/mol. The summed E-state index contributed by atoms with van der Waals surface area (Å²) in [5, 5.41) is 7.39. The van der Waals surface area contributed by atoms with Crippen LogP contribution in [0.5, 0.6) is 0 Å². The summed E-state index contributed by atoms with van der Waals surface area (Å²) in [6, 6.07) is 17.1. The molecule has 2 aromatic carbocycles. The van der Waals surface area contributed by atoms with Crippen molar-refractivity contribution in [2.75, 3.05) is 5.32 Å². The maximum Gasteiger partial charge on any atom is 0.295 e. The lowest BCUT2D eigenvalue weighted by Gasteiger charge is -2.10. The molecule has 0 saturated heterocycles. The van der Waals surface area contributed by atoms with Gasteiger partial charge in [-0.25, -0.2) is 4.98 Å². The number of hydrogen-bond donors (Lipinski definition) is 1. The second-order valence-electron chi connectivity index (χ2n) is 5.54. The van der Waals surface area contributed by atoms with Crippen molar-refractivity contribution < 1.29 is 0 Å². The quantitative estimate of drug-likeness (QED) is 0.613. The van der Waals surface area contributed by atoms with Gasteiger partial charge in [-0.05, 0) is 24.3 Å². The van der Waals surface area contributed by atoms with Gasteiger partial charge in [0.1, 0.15) is 5.02 Å². The Bertz CT molecular complexity index is 1120. The highest BCUT2D eigenvalue weighted by atomic mass is 35.5.